The molecule has 0 aliphatic heterocycles. The highest BCUT2D eigenvalue weighted by Crippen LogP contribution is 2.13. The molecule has 0 fully saturated rings. The first-order valence-corrected chi connectivity index (χ1v) is 5.87. The Morgan fingerprint density at radius 3 is 2.67 bits per heavy atom. The lowest BCUT2D eigenvalue weighted by atomic mass is 10.1. The lowest BCUT2D eigenvalue weighted by Gasteiger charge is -2.09. The normalized spacial score (nSPS) is 11.2. The molecule has 0 saturated carbocycles. The van der Waals surface area contributed by atoms with E-state index < -0.39 is 11.6 Å². The first kappa shape index (κ1) is 12.7. The van der Waals surface area contributed by atoms with Crippen LogP contribution in [0.25, 0.3) is 0 Å². The Balaban J connectivity index is 2.18. The van der Waals surface area contributed by atoms with Gasteiger partial charge in [0.15, 0.2) is 11.6 Å². The largest absolute Gasteiger partial charge is 0.317 e. The van der Waals surface area contributed by atoms with E-state index in [0.717, 1.165) is 18.4 Å². The van der Waals surface area contributed by atoms with Gasteiger partial charge in [-0.3, -0.25) is 0 Å². The second-order valence-electron chi connectivity index (χ2n) is 4.72. The van der Waals surface area contributed by atoms with Crippen molar-refractivity contribution in [3.05, 3.63) is 47.5 Å². The minimum Gasteiger partial charge on any atom is -0.317 e. The summed E-state index contributed by atoms with van der Waals surface area (Å²) in [4.78, 5) is 0. The molecule has 3 nitrogen and oxygen atoms in total. The first-order chi connectivity index (χ1) is 8.56. The van der Waals surface area contributed by atoms with E-state index in [2.05, 4.69) is 24.0 Å². The van der Waals surface area contributed by atoms with Gasteiger partial charge in [-0.15, -0.1) is 10.2 Å². The second-order valence-corrected chi connectivity index (χ2v) is 4.72. The minimum atomic E-state index is -0.831. The van der Waals surface area contributed by atoms with Crippen LogP contribution in [-0.4, -0.2) is 14.8 Å². The minimum absolute atomic E-state index is 0.448. The zero-order valence-corrected chi connectivity index (χ0v) is 10.4. The predicted molar refractivity (Wildman–Crippen MR) is 64.0 cm³/mol. The topological polar surface area (TPSA) is 30.7 Å². The van der Waals surface area contributed by atoms with Gasteiger partial charge in [0.1, 0.15) is 12.2 Å². The Morgan fingerprint density at radius 2 is 2.00 bits per heavy atom. The lowest BCUT2D eigenvalue weighted by Crippen LogP contribution is -2.08. The van der Waals surface area contributed by atoms with Crippen molar-refractivity contribution in [2.75, 3.05) is 0 Å². The number of nitrogens with zero attached hydrogens (tertiary/aromatic N) is 3. The highest BCUT2D eigenvalue weighted by molar-refractivity contribution is 5.21. The Kier molecular flexibility index (Phi) is 3.69. The van der Waals surface area contributed by atoms with Crippen molar-refractivity contribution >= 4 is 0 Å². The molecule has 0 aliphatic carbocycles. The molecule has 0 N–H and O–H groups in total. The molecule has 2 aromatic rings. The maximum atomic E-state index is 13.1. The summed E-state index contributed by atoms with van der Waals surface area (Å²) < 4.78 is 27.9. The lowest BCUT2D eigenvalue weighted by molar-refractivity contribution is 0.503. The second kappa shape index (κ2) is 5.25. The molecule has 2 rings (SSSR count). The van der Waals surface area contributed by atoms with Crippen LogP contribution in [0.5, 0.6) is 0 Å². The predicted octanol–water partition coefficient (Wildman–Crippen LogP) is 2.80. The molecule has 0 unspecified atom stereocenters. The third kappa shape index (κ3) is 2.91. The summed E-state index contributed by atoms with van der Waals surface area (Å²) in [6.45, 7) is 5.01. The SMILES string of the molecule is CC(C)Cn1cnnc1Cc1ccc(F)c(F)c1. The first-order valence-electron chi connectivity index (χ1n) is 5.87. The van der Waals surface area contributed by atoms with E-state index in [1.807, 2.05) is 4.57 Å². The Bertz CT molecular complexity index is 535. The van der Waals surface area contributed by atoms with Crippen LogP contribution < -0.4 is 0 Å². The van der Waals surface area contributed by atoms with Crippen LogP contribution >= 0.6 is 0 Å². The summed E-state index contributed by atoms with van der Waals surface area (Å²) in [6.07, 6.45) is 2.11. The Labute approximate surface area is 104 Å². The van der Waals surface area contributed by atoms with Crippen molar-refractivity contribution in [1.82, 2.24) is 14.8 Å². The molecule has 0 spiro atoms. The highest BCUT2D eigenvalue weighted by atomic mass is 19.2. The van der Waals surface area contributed by atoms with Gasteiger partial charge >= 0.3 is 0 Å². The van der Waals surface area contributed by atoms with Crippen molar-refractivity contribution in [1.29, 1.82) is 0 Å². The van der Waals surface area contributed by atoms with Crippen molar-refractivity contribution in [3.8, 4) is 0 Å². The quantitative estimate of drug-likeness (QED) is 0.836. The maximum Gasteiger partial charge on any atom is 0.159 e. The van der Waals surface area contributed by atoms with Gasteiger partial charge in [0.25, 0.3) is 0 Å². The zero-order chi connectivity index (χ0) is 13.1. The molecule has 5 heteroatoms. The molecular formula is C13H15F2N3. The Hall–Kier alpha value is -1.78. The average Bonchev–Trinajstić information content (AvgIpc) is 2.70. The number of hydrogen-bond acceptors (Lipinski definition) is 2. The van der Waals surface area contributed by atoms with Crippen LogP contribution in [0.1, 0.15) is 25.2 Å². The summed E-state index contributed by atoms with van der Waals surface area (Å²) in [5.41, 5.74) is 0.687. The van der Waals surface area contributed by atoms with Gasteiger partial charge in [0, 0.05) is 13.0 Å². The molecule has 0 atom stereocenters. The fraction of sp³-hybridized carbons (Fsp3) is 0.385. The fourth-order valence-corrected chi connectivity index (χ4v) is 1.79. The summed E-state index contributed by atoms with van der Waals surface area (Å²) >= 11 is 0. The van der Waals surface area contributed by atoms with E-state index in [-0.39, 0.29) is 0 Å². The van der Waals surface area contributed by atoms with Gasteiger partial charge in [-0.2, -0.15) is 0 Å². The molecule has 0 saturated heterocycles. The van der Waals surface area contributed by atoms with Crippen LogP contribution in [-0.2, 0) is 13.0 Å². The van der Waals surface area contributed by atoms with Gasteiger partial charge in [-0.25, -0.2) is 8.78 Å². The number of rotatable bonds is 4. The third-order valence-electron chi connectivity index (χ3n) is 2.60. The van der Waals surface area contributed by atoms with Gasteiger partial charge in [-0.05, 0) is 23.6 Å². The maximum absolute atomic E-state index is 13.1. The van der Waals surface area contributed by atoms with E-state index >= 15 is 0 Å². The molecular weight excluding hydrogens is 236 g/mol. The molecule has 0 bridgehead atoms. The number of benzene rings is 1. The zero-order valence-electron chi connectivity index (χ0n) is 10.4. The molecule has 1 aromatic carbocycles. The molecule has 0 amide bonds. The van der Waals surface area contributed by atoms with Gasteiger partial charge in [0.2, 0.25) is 0 Å². The van der Waals surface area contributed by atoms with Crippen LogP contribution in [0.3, 0.4) is 0 Å². The van der Waals surface area contributed by atoms with E-state index in [4.69, 9.17) is 0 Å². The van der Waals surface area contributed by atoms with Crippen LogP contribution in [0.2, 0.25) is 0 Å². The molecule has 0 aliphatic rings. The fourth-order valence-electron chi connectivity index (χ4n) is 1.79. The van der Waals surface area contributed by atoms with Crippen LogP contribution in [0.4, 0.5) is 8.78 Å². The molecule has 96 valence electrons. The number of halogens is 2. The highest BCUT2D eigenvalue weighted by Gasteiger charge is 2.09. The molecule has 0 radical (unpaired) electrons. The van der Waals surface area contributed by atoms with Gasteiger partial charge < -0.3 is 4.57 Å². The number of hydrogen-bond donors (Lipinski definition) is 0. The molecule has 1 aromatic heterocycles. The van der Waals surface area contributed by atoms with Gasteiger partial charge in [-0.1, -0.05) is 19.9 Å². The smallest absolute Gasteiger partial charge is 0.159 e. The van der Waals surface area contributed by atoms with Gasteiger partial charge in [0.05, 0.1) is 0 Å². The summed E-state index contributed by atoms with van der Waals surface area (Å²) in [7, 11) is 0. The van der Waals surface area contributed by atoms with Crippen LogP contribution in [0, 0.1) is 17.6 Å². The van der Waals surface area contributed by atoms with E-state index in [1.54, 1.807) is 12.4 Å². The summed E-state index contributed by atoms with van der Waals surface area (Å²) in [5.74, 6) is -0.427. The van der Waals surface area contributed by atoms with Crippen molar-refractivity contribution in [3.63, 3.8) is 0 Å². The third-order valence-corrected chi connectivity index (χ3v) is 2.60. The monoisotopic (exact) mass is 251 g/mol. The standard InChI is InChI=1S/C13H15F2N3/c1-9(2)7-18-8-16-17-13(18)6-10-3-4-11(14)12(15)5-10/h3-5,8-9H,6-7H2,1-2H3. The number of aromatic nitrogens is 3. The van der Waals surface area contributed by atoms with Crippen molar-refractivity contribution in [2.45, 2.75) is 26.8 Å². The van der Waals surface area contributed by atoms with Crippen molar-refractivity contribution < 1.29 is 8.78 Å². The molecule has 1 heterocycles. The van der Waals surface area contributed by atoms with E-state index in [1.165, 1.54) is 6.07 Å². The van der Waals surface area contributed by atoms with Crippen molar-refractivity contribution in [2.24, 2.45) is 5.92 Å². The average molecular weight is 251 g/mol. The summed E-state index contributed by atoms with van der Waals surface area (Å²) in [6, 6.07) is 3.89. The molecule has 18 heavy (non-hydrogen) atoms. The van der Waals surface area contributed by atoms with E-state index in [0.29, 0.717) is 17.9 Å². The Morgan fingerprint density at radius 1 is 1.22 bits per heavy atom. The van der Waals surface area contributed by atoms with E-state index in [9.17, 15) is 8.78 Å². The summed E-state index contributed by atoms with van der Waals surface area (Å²) in [5, 5.41) is 7.87. The van der Waals surface area contributed by atoms with Crippen LogP contribution in [0.15, 0.2) is 24.5 Å².